The van der Waals surface area contributed by atoms with Crippen molar-refractivity contribution in [2.75, 3.05) is 13.1 Å². The van der Waals surface area contributed by atoms with Gasteiger partial charge in [-0.15, -0.1) is 0 Å². The quantitative estimate of drug-likeness (QED) is 0.713. The summed E-state index contributed by atoms with van der Waals surface area (Å²) in [7, 11) is 0. The van der Waals surface area contributed by atoms with Crippen LogP contribution in [0.4, 0.5) is 4.79 Å². The molecule has 0 unspecified atom stereocenters. The molecule has 2 fully saturated rings. The van der Waals surface area contributed by atoms with E-state index in [-0.39, 0.29) is 18.0 Å². The number of piperidine rings is 2. The molecule has 0 radical (unpaired) electrons. The van der Waals surface area contributed by atoms with Gasteiger partial charge in [-0.3, -0.25) is 4.79 Å². The third-order valence-corrected chi connectivity index (χ3v) is 3.47. The first-order valence-electron chi connectivity index (χ1n) is 6.62. The van der Waals surface area contributed by atoms with Gasteiger partial charge in [0.05, 0.1) is 0 Å². The lowest BCUT2D eigenvalue weighted by Crippen LogP contribution is -2.55. The lowest BCUT2D eigenvalue weighted by molar-refractivity contribution is -0.125. The van der Waals surface area contributed by atoms with Crippen LogP contribution in [0, 0.1) is 5.92 Å². The first kappa shape index (κ1) is 13.2. The fraction of sp³-hybridized carbons (Fsp3) is 0.846. The number of nitrogens with zero attached hydrogens (tertiary/aromatic N) is 1. The average Bonchev–Trinajstić information content (AvgIpc) is 2.26. The van der Waals surface area contributed by atoms with Gasteiger partial charge in [0.15, 0.2) is 0 Å². The summed E-state index contributed by atoms with van der Waals surface area (Å²) in [5.74, 6) is 0.519. The number of nitrogens with one attached hydrogen (secondary N) is 1. The molecule has 5 heteroatoms. The third-order valence-electron chi connectivity index (χ3n) is 3.47. The second-order valence-electron chi connectivity index (χ2n) is 6.19. The number of likely N-dealkylation sites (tertiary alicyclic amines) is 1. The molecule has 1 N–H and O–H groups in total. The Morgan fingerprint density at radius 1 is 1.39 bits per heavy atom. The molecule has 2 atom stereocenters. The molecule has 5 nitrogen and oxygen atoms in total. The van der Waals surface area contributed by atoms with Crippen LogP contribution in [0.3, 0.4) is 0 Å². The number of carbonyl (C=O) groups excluding carboxylic acids is 2. The molecule has 2 heterocycles. The zero-order chi connectivity index (χ0) is 13.3. The maximum atomic E-state index is 12.0. The van der Waals surface area contributed by atoms with E-state index in [1.54, 1.807) is 4.90 Å². The molecule has 2 rings (SSSR count). The molecule has 0 aromatic carbocycles. The number of fused-ring (bicyclic) bond motifs is 1. The van der Waals surface area contributed by atoms with E-state index in [0.717, 1.165) is 12.8 Å². The Bertz CT molecular complexity index is 349. The van der Waals surface area contributed by atoms with Crippen LogP contribution in [0.25, 0.3) is 0 Å². The molecule has 0 aromatic rings. The Hall–Kier alpha value is -1.26. The van der Waals surface area contributed by atoms with Crippen molar-refractivity contribution in [3.63, 3.8) is 0 Å². The van der Waals surface area contributed by atoms with Crippen LogP contribution in [0.5, 0.6) is 0 Å². The summed E-state index contributed by atoms with van der Waals surface area (Å²) in [6.45, 7) is 6.98. The number of ether oxygens (including phenoxy) is 1. The van der Waals surface area contributed by atoms with E-state index in [4.69, 9.17) is 4.74 Å². The van der Waals surface area contributed by atoms with Crippen LogP contribution >= 0.6 is 0 Å². The zero-order valence-electron chi connectivity index (χ0n) is 11.4. The van der Waals surface area contributed by atoms with Gasteiger partial charge in [-0.25, -0.2) is 4.79 Å². The molecular weight excluding hydrogens is 232 g/mol. The fourth-order valence-electron chi connectivity index (χ4n) is 2.60. The highest BCUT2D eigenvalue weighted by Crippen LogP contribution is 2.26. The summed E-state index contributed by atoms with van der Waals surface area (Å²) >= 11 is 0. The van der Waals surface area contributed by atoms with Crippen LogP contribution in [-0.4, -0.2) is 41.6 Å². The van der Waals surface area contributed by atoms with Gasteiger partial charge in [-0.05, 0) is 39.5 Å². The van der Waals surface area contributed by atoms with Gasteiger partial charge in [0.2, 0.25) is 5.91 Å². The Morgan fingerprint density at radius 3 is 2.78 bits per heavy atom. The van der Waals surface area contributed by atoms with Gasteiger partial charge in [0.25, 0.3) is 0 Å². The molecule has 18 heavy (non-hydrogen) atoms. The van der Waals surface area contributed by atoms with E-state index in [1.165, 1.54) is 0 Å². The fourth-order valence-corrected chi connectivity index (χ4v) is 2.60. The topological polar surface area (TPSA) is 58.6 Å². The van der Waals surface area contributed by atoms with E-state index in [9.17, 15) is 9.59 Å². The second-order valence-corrected chi connectivity index (χ2v) is 6.19. The van der Waals surface area contributed by atoms with Crippen molar-refractivity contribution in [1.82, 2.24) is 10.2 Å². The molecule has 0 aromatic heterocycles. The minimum atomic E-state index is -0.450. The van der Waals surface area contributed by atoms with E-state index >= 15 is 0 Å². The Morgan fingerprint density at radius 2 is 2.11 bits per heavy atom. The molecule has 0 spiro atoms. The van der Waals surface area contributed by atoms with E-state index in [0.29, 0.717) is 25.4 Å². The zero-order valence-corrected chi connectivity index (χ0v) is 11.4. The molecule has 0 bridgehead atoms. The minimum absolute atomic E-state index is 0.141. The van der Waals surface area contributed by atoms with Crippen LogP contribution in [-0.2, 0) is 9.53 Å². The summed E-state index contributed by atoms with van der Waals surface area (Å²) in [5, 5.41) is 3.01. The highest BCUT2D eigenvalue weighted by Gasteiger charge is 2.36. The molecule has 2 aliphatic heterocycles. The molecule has 0 aliphatic carbocycles. The number of hydrogen-bond donors (Lipinski definition) is 1. The molecule has 0 saturated carbocycles. The van der Waals surface area contributed by atoms with Crippen LogP contribution < -0.4 is 5.32 Å². The van der Waals surface area contributed by atoms with E-state index in [1.807, 2.05) is 20.8 Å². The maximum absolute atomic E-state index is 12.0. The molecule has 2 saturated heterocycles. The van der Waals surface area contributed by atoms with Gasteiger partial charge < -0.3 is 15.0 Å². The highest BCUT2D eigenvalue weighted by molar-refractivity contribution is 5.77. The number of carbonyl (C=O) groups is 2. The number of rotatable bonds is 0. The van der Waals surface area contributed by atoms with Crippen LogP contribution in [0.15, 0.2) is 0 Å². The Kier molecular flexibility index (Phi) is 3.50. The average molecular weight is 254 g/mol. The van der Waals surface area contributed by atoms with Gasteiger partial charge in [-0.2, -0.15) is 0 Å². The predicted octanol–water partition coefficient (Wildman–Crippen LogP) is 1.52. The van der Waals surface area contributed by atoms with Gasteiger partial charge in [-0.1, -0.05) is 0 Å². The summed E-state index contributed by atoms with van der Waals surface area (Å²) in [6, 6.07) is 0.241. The normalized spacial score (nSPS) is 28.4. The number of amides is 2. The first-order chi connectivity index (χ1) is 8.35. The smallest absolute Gasteiger partial charge is 0.410 e. The van der Waals surface area contributed by atoms with Crippen molar-refractivity contribution in [3.8, 4) is 0 Å². The largest absolute Gasteiger partial charge is 0.444 e. The van der Waals surface area contributed by atoms with Crippen molar-refractivity contribution in [3.05, 3.63) is 0 Å². The summed E-state index contributed by atoms with van der Waals surface area (Å²) in [5.41, 5.74) is -0.450. The van der Waals surface area contributed by atoms with Crippen LogP contribution in [0.1, 0.15) is 40.0 Å². The van der Waals surface area contributed by atoms with Crippen molar-refractivity contribution in [1.29, 1.82) is 0 Å². The van der Waals surface area contributed by atoms with Crippen LogP contribution in [0.2, 0.25) is 0 Å². The third kappa shape index (κ3) is 3.15. The molecule has 2 amide bonds. The first-order valence-corrected chi connectivity index (χ1v) is 6.62. The van der Waals surface area contributed by atoms with Gasteiger partial charge >= 0.3 is 6.09 Å². The SMILES string of the molecule is CC(C)(C)OC(=O)N1CC[C@@H]2NC(=O)CC[C@@H]2C1. The molecule has 2 aliphatic rings. The number of hydrogen-bond acceptors (Lipinski definition) is 3. The van der Waals surface area contributed by atoms with Crippen molar-refractivity contribution >= 4 is 12.0 Å². The maximum Gasteiger partial charge on any atom is 0.410 e. The van der Waals surface area contributed by atoms with Crippen molar-refractivity contribution < 1.29 is 14.3 Å². The van der Waals surface area contributed by atoms with E-state index < -0.39 is 5.60 Å². The van der Waals surface area contributed by atoms with Gasteiger partial charge in [0.1, 0.15) is 5.60 Å². The van der Waals surface area contributed by atoms with Gasteiger partial charge in [0, 0.05) is 25.6 Å². The predicted molar refractivity (Wildman–Crippen MR) is 67.1 cm³/mol. The summed E-state index contributed by atoms with van der Waals surface area (Å²) in [6.07, 6.45) is 2.03. The van der Waals surface area contributed by atoms with Crippen molar-refractivity contribution in [2.24, 2.45) is 5.92 Å². The highest BCUT2D eigenvalue weighted by atomic mass is 16.6. The summed E-state index contributed by atoms with van der Waals surface area (Å²) < 4.78 is 5.38. The molecular formula is C13H22N2O3. The van der Waals surface area contributed by atoms with Crippen molar-refractivity contribution in [2.45, 2.75) is 51.7 Å². The standard InChI is InChI=1S/C13H22N2O3/c1-13(2,3)18-12(17)15-7-6-10-9(8-15)4-5-11(16)14-10/h9-10H,4-8H2,1-3H3,(H,14,16)/t9-,10+/m1/s1. The summed E-state index contributed by atoms with van der Waals surface area (Å²) in [4.78, 5) is 25.0. The lowest BCUT2D eigenvalue weighted by Gasteiger charge is -2.41. The Balaban J connectivity index is 1.91. The second kappa shape index (κ2) is 4.78. The minimum Gasteiger partial charge on any atom is -0.444 e. The van der Waals surface area contributed by atoms with E-state index in [2.05, 4.69) is 5.32 Å². The molecule has 102 valence electrons. The Labute approximate surface area is 108 Å². The lowest BCUT2D eigenvalue weighted by atomic mass is 9.85. The monoisotopic (exact) mass is 254 g/mol.